The standard InChI is InChI=1S/C26H29N3O4/c1-32-24-16-9-8-15-23(24)28-26(31)29(22-13-6-3-7-14-22)18-10-17-27-25(30)20-33-19-21-11-4-2-5-12-21/h2-9,11-16H,10,17-20H2,1H3,(H,27,30)(H,28,31). The lowest BCUT2D eigenvalue weighted by molar-refractivity contribution is -0.126. The summed E-state index contributed by atoms with van der Waals surface area (Å²) in [6.45, 7) is 1.24. The number of rotatable bonds is 11. The summed E-state index contributed by atoms with van der Waals surface area (Å²) < 4.78 is 10.8. The zero-order valence-corrected chi connectivity index (χ0v) is 18.7. The van der Waals surface area contributed by atoms with Crippen LogP contribution in [0.4, 0.5) is 16.2 Å². The molecular formula is C26H29N3O4. The molecule has 3 aromatic carbocycles. The maximum absolute atomic E-state index is 13.0. The molecule has 2 N–H and O–H groups in total. The van der Waals surface area contributed by atoms with Crippen molar-refractivity contribution in [1.29, 1.82) is 0 Å². The number of carbonyl (C=O) groups is 2. The number of amides is 3. The van der Waals surface area contributed by atoms with Crippen LogP contribution in [0.25, 0.3) is 0 Å². The molecule has 0 radical (unpaired) electrons. The molecule has 3 amide bonds. The van der Waals surface area contributed by atoms with Crippen molar-refractivity contribution < 1.29 is 19.1 Å². The molecule has 0 aliphatic heterocycles. The molecule has 3 rings (SSSR count). The van der Waals surface area contributed by atoms with E-state index >= 15 is 0 Å². The summed E-state index contributed by atoms with van der Waals surface area (Å²) in [6, 6.07) is 26.1. The van der Waals surface area contributed by atoms with E-state index < -0.39 is 0 Å². The average Bonchev–Trinajstić information content (AvgIpc) is 2.85. The van der Waals surface area contributed by atoms with E-state index in [9.17, 15) is 9.59 Å². The van der Waals surface area contributed by atoms with E-state index in [0.29, 0.717) is 37.6 Å². The van der Waals surface area contributed by atoms with Crippen molar-refractivity contribution in [3.63, 3.8) is 0 Å². The minimum absolute atomic E-state index is 0.00835. The molecule has 0 bridgehead atoms. The molecule has 7 heteroatoms. The first-order valence-corrected chi connectivity index (χ1v) is 10.8. The topological polar surface area (TPSA) is 79.9 Å². The van der Waals surface area contributed by atoms with Crippen LogP contribution in [-0.4, -0.2) is 38.7 Å². The van der Waals surface area contributed by atoms with Crippen molar-refractivity contribution in [2.75, 3.05) is 37.0 Å². The van der Waals surface area contributed by atoms with Gasteiger partial charge in [0.15, 0.2) is 0 Å². The number of benzene rings is 3. The number of anilines is 2. The number of ether oxygens (including phenoxy) is 2. The van der Waals surface area contributed by atoms with Gasteiger partial charge in [-0.15, -0.1) is 0 Å². The van der Waals surface area contributed by atoms with Gasteiger partial charge in [-0.25, -0.2) is 4.79 Å². The molecular weight excluding hydrogens is 418 g/mol. The van der Waals surface area contributed by atoms with Crippen LogP contribution in [0.3, 0.4) is 0 Å². The second-order valence-electron chi connectivity index (χ2n) is 7.30. The number of nitrogens with one attached hydrogen (secondary N) is 2. The minimum atomic E-state index is -0.275. The molecule has 0 atom stereocenters. The summed E-state index contributed by atoms with van der Waals surface area (Å²) >= 11 is 0. The van der Waals surface area contributed by atoms with Crippen LogP contribution in [-0.2, 0) is 16.1 Å². The Morgan fingerprint density at radius 3 is 2.27 bits per heavy atom. The van der Waals surface area contributed by atoms with Crippen LogP contribution >= 0.6 is 0 Å². The first-order chi connectivity index (χ1) is 16.2. The van der Waals surface area contributed by atoms with Crippen LogP contribution in [0.2, 0.25) is 0 Å². The van der Waals surface area contributed by atoms with Crippen LogP contribution in [0, 0.1) is 0 Å². The van der Waals surface area contributed by atoms with Crippen molar-refractivity contribution in [2.45, 2.75) is 13.0 Å². The zero-order valence-electron chi connectivity index (χ0n) is 18.7. The summed E-state index contributed by atoms with van der Waals surface area (Å²) in [7, 11) is 1.56. The average molecular weight is 448 g/mol. The number of urea groups is 1. The van der Waals surface area contributed by atoms with Crippen molar-refractivity contribution in [2.24, 2.45) is 0 Å². The fourth-order valence-corrected chi connectivity index (χ4v) is 3.24. The third kappa shape index (κ3) is 7.66. The first kappa shape index (κ1) is 23.8. The van der Waals surface area contributed by atoms with E-state index in [1.807, 2.05) is 72.8 Å². The number of nitrogens with zero attached hydrogens (tertiary/aromatic N) is 1. The summed E-state index contributed by atoms with van der Waals surface area (Å²) in [5.74, 6) is 0.400. The smallest absolute Gasteiger partial charge is 0.326 e. The number of para-hydroxylation sites is 3. The van der Waals surface area contributed by atoms with Gasteiger partial charge in [-0.3, -0.25) is 9.69 Å². The van der Waals surface area contributed by atoms with E-state index in [-0.39, 0.29) is 18.5 Å². The molecule has 172 valence electrons. The molecule has 0 spiro atoms. The molecule has 0 fully saturated rings. The van der Waals surface area contributed by atoms with Crippen LogP contribution in [0.1, 0.15) is 12.0 Å². The Hall–Kier alpha value is -3.84. The highest BCUT2D eigenvalue weighted by Gasteiger charge is 2.17. The second-order valence-corrected chi connectivity index (χ2v) is 7.30. The number of hydrogen-bond acceptors (Lipinski definition) is 4. The fraction of sp³-hybridized carbons (Fsp3) is 0.231. The Kier molecular flexibility index (Phi) is 9.29. The van der Waals surface area contributed by atoms with Gasteiger partial charge in [-0.05, 0) is 36.2 Å². The number of carbonyl (C=O) groups excluding carboxylic acids is 2. The highest BCUT2D eigenvalue weighted by molar-refractivity contribution is 6.02. The normalized spacial score (nSPS) is 10.3. The quantitative estimate of drug-likeness (QED) is 0.426. The van der Waals surface area contributed by atoms with Gasteiger partial charge in [-0.2, -0.15) is 0 Å². The van der Waals surface area contributed by atoms with Gasteiger partial charge >= 0.3 is 6.03 Å². The summed E-state index contributed by atoms with van der Waals surface area (Å²) in [4.78, 5) is 26.7. The van der Waals surface area contributed by atoms with E-state index in [1.165, 1.54) is 0 Å². The molecule has 0 unspecified atom stereocenters. The Labute approximate surface area is 194 Å². The van der Waals surface area contributed by atoms with Gasteiger partial charge in [0.2, 0.25) is 5.91 Å². The number of methoxy groups -OCH3 is 1. The van der Waals surface area contributed by atoms with Crippen molar-refractivity contribution in [1.82, 2.24) is 5.32 Å². The van der Waals surface area contributed by atoms with Crippen molar-refractivity contribution in [3.05, 3.63) is 90.5 Å². The first-order valence-electron chi connectivity index (χ1n) is 10.8. The lowest BCUT2D eigenvalue weighted by atomic mass is 10.2. The van der Waals surface area contributed by atoms with E-state index in [0.717, 1.165) is 11.3 Å². The maximum atomic E-state index is 13.0. The predicted molar refractivity (Wildman–Crippen MR) is 130 cm³/mol. The van der Waals surface area contributed by atoms with Gasteiger partial charge in [0.25, 0.3) is 0 Å². The molecule has 33 heavy (non-hydrogen) atoms. The SMILES string of the molecule is COc1ccccc1NC(=O)N(CCCNC(=O)COCc1ccccc1)c1ccccc1. The Morgan fingerprint density at radius 1 is 0.879 bits per heavy atom. The summed E-state index contributed by atoms with van der Waals surface area (Å²) in [5, 5.41) is 5.75. The second kappa shape index (κ2) is 12.9. The van der Waals surface area contributed by atoms with Gasteiger partial charge in [0.05, 0.1) is 19.4 Å². The summed E-state index contributed by atoms with van der Waals surface area (Å²) in [5.41, 5.74) is 2.38. The van der Waals surface area contributed by atoms with E-state index in [1.54, 1.807) is 24.1 Å². The minimum Gasteiger partial charge on any atom is -0.495 e. The lowest BCUT2D eigenvalue weighted by Gasteiger charge is -2.24. The number of hydrogen-bond donors (Lipinski definition) is 2. The fourth-order valence-electron chi connectivity index (χ4n) is 3.24. The van der Waals surface area contributed by atoms with Crippen LogP contribution < -0.4 is 20.3 Å². The van der Waals surface area contributed by atoms with Gasteiger partial charge < -0.3 is 20.1 Å². The summed E-state index contributed by atoms with van der Waals surface area (Å²) in [6.07, 6.45) is 0.582. The lowest BCUT2D eigenvalue weighted by Crippen LogP contribution is -2.38. The van der Waals surface area contributed by atoms with Gasteiger partial charge in [0.1, 0.15) is 12.4 Å². The molecule has 0 heterocycles. The van der Waals surface area contributed by atoms with Crippen LogP contribution in [0.15, 0.2) is 84.9 Å². The highest BCUT2D eigenvalue weighted by atomic mass is 16.5. The Balaban J connectivity index is 1.49. The van der Waals surface area contributed by atoms with E-state index in [4.69, 9.17) is 9.47 Å². The van der Waals surface area contributed by atoms with Crippen LogP contribution in [0.5, 0.6) is 5.75 Å². The molecule has 0 aliphatic carbocycles. The molecule has 0 saturated carbocycles. The molecule has 0 aromatic heterocycles. The molecule has 3 aromatic rings. The molecule has 7 nitrogen and oxygen atoms in total. The van der Waals surface area contributed by atoms with Gasteiger partial charge in [0, 0.05) is 18.8 Å². The molecule has 0 saturated heterocycles. The van der Waals surface area contributed by atoms with Crippen molar-refractivity contribution >= 4 is 23.3 Å². The largest absolute Gasteiger partial charge is 0.495 e. The van der Waals surface area contributed by atoms with E-state index in [2.05, 4.69) is 10.6 Å². The predicted octanol–water partition coefficient (Wildman–Crippen LogP) is 4.46. The molecule has 0 aliphatic rings. The van der Waals surface area contributed by atoms with Crippen molar-refractivity contribution in [3.8, 4) is 5.75 Å². The monoisotopic (exact) mass is 447 g/mol. The third-order valence-electron chi connectivity index (χ3n) is 4.89. The zero-order chi connectivity index (χ0) is 23.3. The highest BCUT2D eigenvalue weighted by Crippen LogP contribution is 2.24. The van der Waals surface area contributed by atoms with Gasteiger partial charge in [-0.1, -0.05) is 60.7 Å². The maximum Gasteiger partial charge on any atom is 0.326 e. The Bertz CT molecular complexity index is 1010. The Morgan fingerprint density at radius 2 is 1.55 bits per heavy atom. The third-order valence-corrected chi connectivity index (χ3v) is 4.89.